The van der Waals surface area contributed by atoms with Crippen molar-refractivity contribution in [2.24, 2.45) is 5.14 Å². The van der Waals surface area contributed by atoms with Crippen LogP contribution in [0.25, 0.3) is 0 Å². The number of nitrogens with zero attached hydrogens (tertiary/aromatic N) is 1. The molecule has 0 aliphatic rings. The van der Waals surface area contributed by atoms with Crippen LogP contribution in [0.4, 0.5) is 0 Å². The van der Waals surface area contributed by atoms with Gasteiger partial charge in [-0.3, -0.25) is 4.79 Å². The van der Waals surface area contributed by atoms with Gasteiger partial charge < -0.3 is 9.84 Å². The number of carbonyl (C=O) groups is 1. The summed E-state index contributed by atoms with van der Waals surface area (Å²) < 4.78 is 27.0. The molecule has 0 spiro atoms. The monoisotopic (exact) mass is 301 g/mol. The van der Waals surface area contributed by atoms with Crippen LogP contribution in [0, 0.1) is 0 Å². The fourth-order valence-corrected chi connectivity index (χ4v) is 3.14. The number of amides is 1. The maximum Gasteiger partial charge on any atom is 0.289 e. The fraction of sp³-hybridized carbons (Fsp3) is 0.200. The van der Waals surface area contributed by atoms with Crippen molar-refractivity contribution < 1.29 is 17.7 Å². The summed E-state index contributed by atoms with van der Waals surface area (Å²) in [7, 11) is -3.65. The first-order chi connectivity index (χ1) is 8.97. The minimum absolute atomic E-state index is 0.115. The lowest BCUT2D eigenvalue weighted by atomic mass is 10.3. The lowest BCUT2D eigenvalue weighted by Gasteiger charge is -2.00. The van der Waals surface area contributed by atoms with E-state index >= 15 is 0 Å². The van der Waals surface area contributed by atoms with Crippen molar-refractivity contribution in [2.45, 2.75) is 10.6 Å². The highest BCUT2D eigenvalue weighted by Crippen LogP contribution is 2.20. The molecule has 9 heteroatoms. The molecule has 3 N–H and O–H groups in total. The van der Waals surface area contributed by atoms with Gasteiger partial charge >= 0.3 is 0 Å². The molecule has 0 bridgehead atoms. The van der Waals surface area contributed by atoms with Crippen LogP contribution in [-0.4, -0.2) is 26.0 Å². The predicted octanol–water partition coefficient (Wildman–Crippen LogP) is 0.356. The Bertz CT molecular complexity index is 661. The number of thiophene rings is 1. The SMILES string of the molecule is NS(=O)(=O)c1ccc(CCNC(=O)c2ccno2)s1. The van der Waals surface area contributed by atoms with E-state index in [-0.39, 0.29) is 15.9 Å². The number of hydrogen-bond donors (Lipinski definition) is 2. The van der Waals surface area contributed by atoms with Crippen molar-refractivity contribution >= 4 is 27.3 Å². The highest BCUT2D eigenvalue weighted by atomic mass is 32.2. The van der Waals surface area contributed by atoms with E-state index in [0.717, 1.165) is 16.2 Å². The third kappa shape index (κ3) is 3.63. The van der Waals surface area contributed by atoms with Crippen LogP contribution >= 0.6 is 11.3 Å². The summed E-state index contributed by atoms with van der Waals surface area (Å²) in [5.41, 5.74) is 0. The molecule has 0 saturated carbocycles. The van der Waals surface area contributed by atoms with E-state index in [1.54, 1.807) is 6.07 Å². The minimum atomic E-state index is -3.65. The Morgan fingerprint density at radius 1 is 1.42 bits per heavy atom. The summed E-state index contributed by atoms with van der Waals surface area (Å²) in [6.45, 7) is 0.365. The van der Waals surface area contributed by atoms with Crippen LogP contribution in [0.15, 0.2) is 33.1 Å². The quantitative estimate of drug-likeness (QED) is 0.827. The Labute approximate surface area is 113 Å². The summed E-state index contributed by atoms with van der Waals surface area (Å²) in [6.07, 6.45) is 1.90. The molecule has 0 atom stereocenters. The van der Waals surface area contributed by atoms with E-state index in [1.807, 2.05) is 0 Å². The van der Waals surface area contributed by atoms with Crippen molar-refractivity contribution in [3.05, 3.63) is 35.0 Å². The zero-order chi connectivity index (χ0) is 13.9. The van der Waals surface area contributed by atoms with E-state index in [9.17, 15) is 13.2 Å². The van der Waals surface area contributed by atoms with Gasteiger partial charge in [0.05, 0.1) is 6.20 Å². The molecule has 0 unspecified atom stereocenters. The van der Waals surface area contributed by atoms with E-state index < -0.39 is 10.0 Å². The number of primary sulfonamides is 1. The average Bonchev–Trinajstić information content (AvgIpc) is 2.99. The third-order valence-electron chi connectivity index (χ3n) is 2.24. The summed E-state index contributed by atoms with van der Waals surface area (Å²) in [4.78, 5) is 12.3. The van der Waals surface area contributed by atoms with Crippen LogP contribution in [0.2, 0.25) is 0 Å². The molecule has 0 aromatic carbocycles. The molecule has 0 saturated heterocycles. The van der Waals surface area contributed by atoms with Gasteiger partial charge in [0.1, 0.15) is 4.21 Å². The van der Waals surface area contributed by atoms with Gasteiger partial charge in [-0.05, 0) is 18.6 Å². The molecule has 0 aliphatic carbocycles. The van der Waals surface area contributed by atoms with Crippen LogP contribution < -0.4 is 10.5 Å². The fourth-order valence-electron chi connectivity index (χ4n) is 1.36. The van der Waals surface area contributed by atoms with Crippen LogP contribution in [-0.2, 0) is 16.4 Å². The molecule has 0 radical (unpaired) electrons. The molecule has 19 heavy (non-hydrogen) atoms. The van der Waals surface area contributed by atoms with Gasteiger partial charge in [0.25, 0.3) is 5.91 Å². The normalized spacial score (nSPS) is 11.4. The summed E-state index contributed by atoms with van der Waals surface area (Å²) >= 11 is 1.09. The minimum Gasteiger partial charge on any atom is -0.351 e. The zero-order valence-corrected chi connectivity index (χ0v) is 11.3. The van der Waals surface area contributed by atoms with Crippen LogP contribution in [0.3, 0.4) is 0 Å². The van der Waals surface area contributed by atoms with Crippen molar-refractivity contribution in [1.82, 2.24) is 10.5 Å². The highest BCUT2D eigenvalue weighted by Gasteiger charge is 2.12. The van der Waals surface area contributed by atoms with Gasteiger partial charge in [-0.15, -0.1) is 11.3 Å². The Kier molecular flexibility index (Phi) is 3.98. The van der Waals surface area contributed by atoms with Gasteiger partial charge in [0.2, 0.25) is 15.8 Å². The third-order valence-corrected chi connectivity index (χ3v) is 4.82. The Balaban J connectivity index is 1.86. The molecule has 2 heterocycles. The second kappa shape index (κ2) is 5.51. The number of rotatable bonds is 5. The molecule has 2 aromatic rings. The number of nitrogens with one attached hydrogen (secondary N) is 1. The highest BCUT2D eigenvalue weighted by molar-refractivity contribution is 7.91. The van der Waals surface area contributed by atoms with Crippen molar-refractivity contribution in [3.63, 3.8) is 0 Å². The van der Waals surface area contributed by atoms with Crippen LogP contribution in [0.5, 0.6) is 0 Å². The molecule has 2 aromatic heterocycles. The number of hydrogen-bond acceptors (Lipinski definition) is 6. The van der Waals surface area contributed by atoms with Crippen molar-refractivity contribution in [1.29, 1.82) is 0 Å². The smallest absolute Gasteiger partial charge is 0.289 e. The topological polar surface area (TPSA) is 115 Å². The number of sulfonamides is 1. The van der Waals surface area contributed by atoms with E-state index in [0.29, 0.717) is 13.0 Å². The van der Waals surface area contributed by atoms with Gasteiger partial charge in [-0.2, -0.15) is 0 Å². The number of aromatic nitrogens is 1. The molecule has 1 amide bonds. The van der Waals surface area contributed by atoms with E-state index in [1.165, 1.54) is 18.3 Å². The summed E-state index contributed by atoms with van der Waals surface area (Å²) in [5.74, 6) is -0.225. The van der Waals surface area contributed by atoms with Gasteiger partial charge in [-0.25, -0.2) is 13.6 Å². The second-order valence-corrected chi connectivity index (χ2v) is 6.60. The summed E-state index contributed by atoms with van der Waals surface area (Å²) in [6, 6.07) is 4.58. The number of carbonyl (C=O) groups excluding carboxylic acids is 1. The zero-order valence-electron chi connectivity index (χ0n) is 9.70. The first-order valence-electron chi connectivity index (χ1n) is 5.27. The van der Waals surface area contributed by atoms with Gasteiger partial charge in [-0.1, -0.05) is 5.16 Å². The maximum atomic E-state index is 11.5. The Morgan fingerprint density at radius 3 is 2.79 bits per heavy atom. The molecular formula is C10H11N3O4S2. The summed E-state index contributed by atoms with van der Waals surface area (Å²) in [5, 5.41) is 11.1. The average molecular weight is 301 g/mol. The Morgan fingerprint density at radius 2 is 2.21 bits per heavy atom. The predicted molar refractivity (Wildman–Crippen MR) is 68.2 cm³/mol. The maximum absolute atomic E-state index is 11.5. The molecule has 0 fully saturated rings. The van der Waals surface area contributed by atoms with Gasteiger partial charge in [0.15, 0.2) is 0 Å². The molecular weight excluding hydrogens is 290 g/mol. The standard InChI is InChI=1S/C10H11N3O4S2/c11-19(15,16)9-2-1-7(18-9)3-5-12-10(14)8-4-6-13-17-8/h1-2,4,6H,3,5H2,(H,12,14)(H2,11,15,16). The molecule has 102 valence electrons. The first-order valence-corrected chi connectivity index (χ1v) is 7.63. The lowest BCUT2D eigenvalue weighted by molar-refractivity contribution is 0.0917. The largest absolute Gasteiger partial charge is 0.351 e. The first kappa shape index (κ1) is 13.7. The second-order valence-electron chi connectivity index (χ2n) is 3.65. The van der Waals surface area contributed by atoms with Crippen molar-refractivity contribution in [3.8, 4) is 0 Å². The number of nitrogens with two attached hydrogens (primary N) is 1. The van der Waals surface area contributed by atoms with Crippen molar-refractivity contribution in [2.75, 3.05) is 6.54 Å². The molecule has 0 aliphatic heterocycles. The van der Waals surface area contributed by atoms with Gasteiger partial charge in [0, 0.05) is 17.5 Å². The van der Waals surface area contributed by atoms with E-state index in [2.05, 4.69) is 10.5 Å². The molecule has 2 rings (SSSR count). The Hall–Kier alpha value is -1.71. The van der Waals surface area contributed by atoms with E-state index in [4.69, 9.17) is 9.66 Å². The lowest BCUT2D eigenvalue weighted by Crippen LogP contribution is -2.25. The molecule has 7 nitrogen and oxygen atoms in total. The van der Waals surface area contributed by atoms with Crippen LogP contribution in [0.1, 0.15) is 15.4 Å².